The molecule has 1 N–H and O–H groups in total. The Morgan fingerprint density at radius 1 is 1.31 bits per heavy atom. The third-order valence-electron chi connectivity index (χ3n) is 3.35. The van der Waals surface area contributed by atoms with Crippen molar-refractivity contribution in [1.29, 1.82) is 0 Å². The van der Waals surface area contributed by atoms with Crippen LogP contribution in [0.5, 0.6) is 0 Å². The van der Waals surface area contributed by atoms with Crippen LogP contribution < -0.4 is 5.32 Å². The molecule has 9 heteroatoms. The number of carbonyl (C=O) groups is 1. The molecule has 2 aromatic rings. The molecule has 0 bridgehead atoms. The number of hydrogen-bond acceptors (Lipinski definition) is 6. The number of pyridine rings is 1. The van der Waals surface area contributed by atoms with Gasteiger partial charge < -0.3 is 5.32 Å². The van der Waals surface area contributed by atoms with E-state index in [0.29, 0.717) is 33.9 Å². The maximum absolute atomic E-state index is 12.5. The summed E-state index contributed by atoms with van der Waals surface area (Å²) in [6.45, 7) is 0. The maximum atomic E-state index is 12.5. The summed E-state index contributed by atoms with van der Waals surface area (Å²) in [6.07, 6.45) is 3.58. The fourth-order valence-corrected chi connectivity index (χ4v) is 3.79. The van der Waals surface area contributed by atoms with Crippen molar-refractivity contribution in [3.05, 3.63) is 59.9 Å². The van der Waals surface area contributed by atoms with Crippen molar-refractivity contribution in [3.63, 3.8) is 0 Å². The lowest BCUT2D eigenvalue weighted by Gasteiger charge is -2.07. The van der Waals surface area contributed by atoms with Gasteiger partial charge in [-0.3, -0.25) is 9.78 Å². The number of alkyl halides is 2. The van der Waals surface area contributed by atoms with Gasteiger partial charge in [-0.1, -0.05) is 41.7 Å². The number of rotatable bonds is 6. The molecule has 0 spiro atoms. The van der Waals surface area contributed by atoms with Crippen LogP contribution in [-0.2, 0) is 11.2 Å². The molecule has 0 aliphatic carbocycles. The minimum absolute atomic E-state index is 0.172. The van der Waals surface area contributed by atoms with Crippen LogP contribution in [-0.4, -0.2) is 33.3 Å². The number of nitrogens with one attached hydrogen (secondary N) is 1. The van der Waals surface area contributed by atoms with Crippen molar-refractivity contribution in [3.8, 4) is 0 Å². The Bertz CT molecular complexity index is 831. The molecule has 1 atom stereocenters. The molecule has 2 heterocycles. The molecular formula is C17H14F2N4OS2. The molecule has 1 aliphatic rings. The van der Waals surface area contributed by atoms with E-state index in [4.69, 9.17) is 0 Å². The highest BCUT2D eigenvalue weighted by Gasteiger charge is 2.30. The summed E-state index contributed by atoms with van der Waals surface area (Å²) in [5, 5.41) is 10.6. The zero-order valence-corrected chi connectivity index (χ0v) is 15.0. The molecule has 1 amide bonds. The number of hydrogen-bond donors (Lipinski definition) is 1. The highest BCUT2D eigenvalue weighted by atomic mass is 32.2. The van der Waals surface area contributed by atoms with Crippen LogP contribution in [0.4, 0.5) is 8.78 Å². The first kappa shape index (κ1) is 18.5. The van der Waals surface area contributed by atoms with Crippen molar-refractivity contribution in [1.82, 2.24) is 10.3 Å². The Hall–Kier alpha value is -2.26. The standard InChI is InChI=1S/C17H14F2N4OS2/c18-16(19)25-13-6-3-4-11(8-13)9-14-15(24)22-17(26-14)23-21-10-12-5-1-2-7-20-12/h1-8,10,14,16H,9H2,(H,22,23,24)/b21-10-/t14-/m1/s1. The number of nitrogens with zero attached hydrogens (tertiary/aromatic N) is 3. The lowest BCUT2D eigenvalue weighted by atomic mass is 10.1. The SMILES string of the molecule is O=C1N/C(=N/N=C\c2ccccn2)S[C@@H]1Cc1cccc(SC(F)F)c1. The summed E-state index contributed by atoms with van der Waals surface area (Å²) >= 11 is 1.76. The lowest BCUT2D eigenvalue weighted by molar-refractivity contribution is -0.118. The topological polar surface area (TPSA) is 66.7 Å². The number of amidine groups is 1. The van der Waals surface area contributed by atoms with E-state index in [-0.39, 0.29) is 11.2 Å². The van der Waals surface area contributed by atoms with E-state index in [1.54, 1.807) is 36.5 Å². The van der Waals surface area contributed by atoms with E-state index in [1.807, 2.05) is 12.1 Å². The molecule has 3 rings (SSSR count). The number of carbonyl (C=O) groups excluding carboxylic acids is 1. The van der Waals surface area contributed by atoms with E-state index in [2.05, 4.69) is 20.5 Å². The second-order valence-electron chi connectivity index (χ2n) is 5.23. The van der Waals surface area contributed by atoms with Crippen LogP contribution in [0.25, 0.3) is 0 Å². The highest BCUT2D eigenvalue weighted by Crippen LogP contribution is 2.28. The third-order valence-corrected chi connectivity index (χ3v) is 5.12. The van der Waals surface area contributed by atoms with Crippen molar-refractivity contribution >= 4 is 40.8 Å². The van der Waals surface area contributed by atoms with Gasteiger partial charge in [0.05, 0.1) is 17.2 Å². The molecule has 0 saturated carbocycles. The molecular weight excluding hydrogens is 378 g/mol. The van der Waals surface area contributed by atoms with Gasteiger partial charge in [-0.2, -0.15) is 13.9 Å². The Labute approximate surface area is 157 Å². The number of aromatic nitrogens is 1. The first-order chi connectivity index (χ1) is 12.6. The number of thioether (sulfide) groups is 2. The first-order valence-electron chi connectivity index (χ1n) is 7.63. The monoisotopic (exact) mass is 392 g/mol. The zero-order valence-electron chi connectivity index (χ0n) is 13.4. The van der Waals surface area contributed by atoms with Crippen LogP contribution in [0.2, 0.25) is 0 Å². The first-order valence-corrected chi connectivity index (χ1v) is 9.39. The minimum Gasteiger partial charge on any atom is -0.303 e. The molecule has 1 aliphatic heterocycles. The number of amides is 1. The van der Waals surface area contributed by atoms with E-state index < -0.39 is 5.76 Å². The van der Waals surface area contributed by atoms with E-state index in [0.717, 1.165) is 5.56 Å². The van der Waals surface area contributed by atoms with Crippen molar-refractivity contribution in [2.75, 3.05) is 0 Å². The van der Waals surface area contributed by atoms with Gasteiger partial charge >= 0.3 is 0 Å². The molecule has 26 heavy (non-hydrogen) atoms. The molecule has 5 nitrogen and oxygen atoms in total. The van der Waals surface area contributed by atoms with Gasteiger partial charge in [0, 0.05) is 11.1 Å². The fourth-order valence-electron chi connectivity index (χ4n) is 2.24. The summed E-state index contributed by atoms with van der Waals surface area (Å²) in [4.78, 5) is 16.7. The van der Waals surface area contributed by atoms with E-state index in [9.17, 15) is 13.6 Å². The molecule has 1 fully saturated rings. The third kappa shape index (κ3) is 5.37. The Balaban J connectivity index is 1.61. The summed E-state index contributed by atoms with van der Waals surface area (Å²) in [5.41, 5.74) is 1.48. The Morgan fingerprint density at radius 2 is 2.19 bits per heavy atom. The van der Waals surface area contributed by atoms with Gasteiger partial charge in [-0.25, -0.2) is 0 Å². The van der Waals surface area contributed by atoms with Crippen molar-refractivity contribution in [2.24, 2.45) is 10.2 Å². The predicted molar refractivity (Wildman–Crippen MR) is 101 cm³/mol. The summed E-state index contributed by atoms with van der Waals surface area (Å²) in [7, 11) is 0. The maximum Gasteiger partial charge on any atom is 0.288 e. The summed E-state index contributed by atoms with van der Waals surface area (Å²) in [5.74, 6) is -2.64. The van der Waals surface area contributed by atoms with Crippen LogP contribution in [0.15, 0.2) is 63.8 Å². The molecule has 1 saturated heterocycles. The predicted octanol–water partition coefficient (Wildman–Crippen LogP) is 3.56. The van der Waals surface area contributed by atoms with Crippen LogP contribution >= 0.6 is 23.5 Å². The highest BCUT2D eigenvalue weighted by molar-refractivity contribution is 8.15. The second kappa shape index (κ2) is 8.91. The zero-order chi connectivity index (χ0) is 18.4. The van der Waals surface area contributed by atoms with Gasteiger partial charge in [0.15, 0.2) is 5.17 Å². The Morgan fingerprint density at radius 3 is 2.96 bits per heavy atom. The lowest BCUT2D eigenvalue weighted by Crippen LogP contribution is -2.25. The van der Waals surface area contributed by atoms with Gasteiger partial charge in [-0.05, 0) is 36.2 Å². The Kier molecular flexibility index (Phi) is 6.35. The van der Waals surface area contributed by atoms with Crippen LogP contribution in [0.3, 0.4) is 0 Å². The van der Waals surface area contributed by atoms with Crippen molar-refractivity contribution in [2.45, 2.75) is 22.3 Å². The molecule has 1 aromatic carbocycles. The largest absolute Gasteiger partial charge is 0.303 e. The average molecular weight is 392 g/mol. The fraction of sp³-hybridized carbons (Fsp3) is 0.176. The number of halogens is 2. The molecule has 0 unspecified atom stereocenters. The average Bonchev–Trinajstić information content (AvgIpc) is 2.95. The van der Waals surface area contributed by atoms with E-state index in [1.165, 1.54) is 18.0 Å². The van der Waals surface area contributed by atoms with Crippen LogP contribution in [0, 0.1) is 0 Å². The summed E-state index contributed by atoms with van der Waals surface area (Å²) < 4.78 is 24.9. The van der Waals surface area contributed by atoms with Crippen molar-refractivity contribution < 1.29 is 13.6 Å². The normalized spacial score (nSPS) is 18.8. The molecule has 0 radical (unpaired) electrons. The smallest absolute Gasteiger partial charge is 0.288 e. The van der Waals surface area contributed by atoms with E-state index >= 15 is 0 Å². The van der Waals surface area contributed by atoms with Gasteiger partial charge in [0.2, 0.25) is 5.91 Å². The number of benzene rings is 1. The van der Waals surface area contributed by atoms with Crippen LogP contribution in [0.1, 0.15) is 11.3 Å². The van der Waals surface area contributed by atoms with Gasteiger partial charge in [-0.15, -0.1) is 5.10 Å². The molecule has 134 valence electrons. The minimum atomic E-state index is -2.47. The van der Waals surface area contributed by atoms with Gasteiger partial charge in [0.1, 0.15) is 0 Å². The molecule has 1 aromatic heterocycles. The summed E-state index contributed by atoms with van der Waals surface area (Å²) in [6, 6.07) is 12.3. The second-order valence-corrected chi connectivity index (χ2v) is 7.48. The van der Waals surface area contributed by atoms with Gasteiger partial charge in [0.25, 0.3) is 5.76 Å². The quantitative estimate of drug-likeness (QED) is 0.464.